The van der Waals surface area contributed by atoms with Gasteiger partial charge in [-0.1, -0.05) is 0 Å². The number of ether oxygens (including phenoxy) is 1. The number of benzene rings is 1. The van der Waals surface area contributed by atoms with Gasteiger partial charge in [-0.15, -0.1) is 0 Å². The van der Waals surface area contributed by atoms with Gasteiger partial charge in [-0.25, -0.2) is 18.2 Å². The third-order valence-corrected chi connectivity index (χ3v) is 5.01. The Morgan fingerprint density at radius 2 is 1.88 bits per heavy atom. The molecular formula is C20H16F6N4O2. The Kier molecular flexibility index (Phi) is 5.80. The van der Waals surface area contributed by atoms with Crippen LogP contribution in [0.3, 0.4) is 0 Å². The molecule has 170 valence electrons. The van der Waals surface area contributed by atoms with E-state index in [1.165, 1.54) is 17.0 Å². The zero-order valence-electron chi connectivity index (χ0n) is 16.4. The molecule has 0 atom stereocenters. The minimum Gasteiger partial charge on any atom is -0.378 e. The quantitative estimate of drug-likeness (QED) is 0.555. The van der Waals surface area contributed by atoms with Crippen molar-refractivity contribution in [3.63, 3.8) is 0 Å². The molecule has 0 N–H and O–H groups in total. The summed E-state index contributed by atoms with van der Waals surface area (Å²) in [5.74, 6) is -2.84. The smallest absolute Gasteiger partial charge is 0.378 e. The molecule has 1 amide bonds. The second kappa shape index (κ2) is 8.41. The number of morpholine rings is 1. The molecule has 0 unspecified atom stereocenters. The lowest BCUT2D eigenvalue weighted by atomic mass is 10.1. The van der Waals surface area contributed by atoms with Gasteiger partial charge in [-0.05, 0) is 24.3 Å². The van der Waals surface area contributed by atoms with Crippen molar-refractivity contribution in [2.75, 3.05) is 26.3 Å². The van der Waals surface area contributed by atoms with E-state index in [9.17, 15) is 31.1 Å². The molecule has 6 nitrogen and oxygen atoms in total. The van der Waals surface area contributed by atoms with Gasteiger partial charge in [0.2, 0.25) is 5.82 Å². The fourth-order valence-corrected chi connectivity index (χ4v) is 3.58. The van der Waals surface area contributed by atoms with Crippen molar-refractivity contribution in [1.82, 2.24) is 19.4 Å². The van der Waals surface area contributed by atoms with E-state index in [0.29, 0.717) is 30.9 Å². The minimum atomic E-state index is -5.00. The third-order valence-electron chi connectivity index (χ3n) is 5.01. The molecule has 0 aliphatic carbocycles. The maximum Gasteiger partial charge on any atom is 0.449 e. The molecule has 1 fully saturated rings. The molecule has 1 aromatic carbocycles. The van der Waals surface area contributed by atoms with E-state index < -0.39 is 36.7 Å². The number of amides is 1. The van der Waals surface area contributed by atoms with Crippen LogP contribution < -0.4 is 0 Å². The van der Waals surface area contributed by atoms with E-state index in [2.05, 4.69) is 9.97 Å². The molecule has 1 aliphatic rings. The Labute approximate surface area is 177 Å². The molecule has 1 saturated heterocycles. The Bertz CT molecular complexity index is 1150. The number of alkyl halides is 5. The van der Waals surface area contributed by atoms with Gasteiger partial charge in [0.1, 0.15) is 17.0 Å². The van der Waals surface area contributed by atoms with Crippen LogP contribution in [-0.2, 0) is 17.5 Å². The van der Waals surface area contributed by atoms with Crippen LogP contribution in [-0.4, -0.2) is 58.1 Å². The third kappa shape index (κ3) is 4.14. The highest BCUT2D eigenvalue weighted by molar-refractivity contribution is 5.96. The van der Waals surface area contributed by atoms with E-state index in [-0.39, 0.29) is 27.9 Å². The van der Waals surface area contributed by atoms with Gasteiger partial charge >= 0.3 is 6.18 Å². The van der Waals surface area contributed by atoms with Crippen LogP contribution in [0.25, 0.3) is 22.3 Å². The monoisotopic (exact) mass is 458 g/mol. The fourth-order valence-electron chi connectivity index (χ4n) is 3.58. The number of hydrogen-bond donors (Lipinski definition) is 0. The number of nitrogens with zero attached hydrogens (tertiary/aromatic N) is 4. The second-order valence-electron chi connectivity index (χ2n) is 7.06. The van der Waals surface area contributed by atoms with Crippen LogP contribution in [0, 0.1) is 5.82 Å². The van der Waals surface area contributed by atoms with Gasteiger partial charge in [-0.3, -0.25) is 9.78 Å². The normalized spacial score (nSPS) is 15.0. The van der Waals surface area contributed by atoms with Gasteiger partial charge in [-0.2, -0.15) is 13.2 Å². The highest BCUT2D eigenvalue weighted by Gasteiger charge is 2.38. The Balaban J connectivity index is 1.78. The van der Waals surface area contributed by atoms with E-state index in [4.69, 9.17) is 4.74 Å². The van der Waals surface area contributed by atoms with E-state index in [0.717, 1.165) is 18.3 Å². The van der Waals surface area contributed by atoms with Crippen molar-refractivity contribution < 1.29 is 35.9 Å². The predicted octanol–water partition coefficient (Wildman–Crippen LogP) is 3.99. The summed E-state index contributed by atoms with van der Waals surface area (Å²) < 4.78 is 86.5. The van der Waals surface area contributed by atoms with E-state index in [1.54, 1.807) is 0 Å². The Morgan fingerprint density at radius 1 is 1.16 bits per heavy atom. The fraction of sp³-hybridized carbons (Fsp3) is 0.350. The lowest BCUT2D eigenvalue weighted by molar-refractivity contribution is -0.147. The van der Waals surface area contributed by atoms with Crippen molar-refractivity contribution in [3.05, 3.63) is 47.7 Å². The number of fused-ring (bicyclic) bond motifs is 1. The van der Waals surface area contributed by atoms with Crippen molar-refractivity contribution in [2.24, 2.45) is 0 Å². The number of aromatic nitrogens is 3. The number of halogens is 6. The van der Waals surface area contributed by atoms with Crippen LogP contribution in [0.2, 0.25) is 0 Å². The topological polar surface area (TPSA) is 60.2 Å². The predicted molar refractivity (Wildman–Crippen MR) is 101 cm³/mol. The molecule has 0 saturated carbocycles. The Morgan fingerprint density at radius 3 is 2.50 bits per heavy atom. The number of pyridine rings is 1. The molecular weight excluding hydrogens is 442 g/mol. The number of carbonyl (C=O) groups excluding carboxylic acids is 1. The summed E-state index contributed by atoms with van der Waals surface area (Å²) >= 11 is 0. The first-order valence-electron chi connectivity index (χ1n) is 9.54. The summed E-state index contributed by atoms with van der Waals surface area (Å²) in [5, 5.41) is 0. The molecule has 3 heterocycles. The standard InChI is InChI=1S/C20H16F6N4O2/c21-13-9-11(18(31)29-5-7-32-8-6-29)1-2-12(13)16-17-14(3-4-27-16)30(10-15(22)23)19(28-17)20(24,25)26/h1-4,9,15H,5-8,10H2. The number of carbonyl (C=O) groups is 1. The van der Waals surface area contributed by atoms with Gasteiger partial charge in [0.15, 0.2) is 0 Å². The SMILES string of the molecule is O=C(c1ccc(-c2nccc3c2nc(C(F)(F)F)n3CC(F)F)c(F)c1)N1CCOCC1. The number of hydrogen-bond acceptors (Lipinski definition) is 4. The summed E-state index contributed by atoms with van der Waals surface area (Å²) in [6.07, 6.45) is -6.97. The van der Waals surface area contributed by atoms with Crippen LogP contribution >= 0.6 is 0 Å². The van der Waals surface area contributed by atoms with Crippen molar-refractivity contribution in [3.8, 4) is 11.3 Å². The maximum absolute atomic E-state index is 14.9. The molecule has 0 radical (unpaired) electrons. The van der Waals surface area contributed by atoms with Gasteiger partial charge in [0, 0.05) is 30.4 Å². The Hall–Kier alpha value is -3.15. The first kappa shape index (κ1) is 22.1. The summed E-state index contributed by atoms with van der Waals surface area (Å²) in [4.78, 5) is 21.5. The highest BCUT2D eigenvalue weighted by Crippen LogP contribution is 2.35. The molecule has 2 aromatic heterocycles. The van der Waals surface area contributed by atoms with Crippen LogP contribution in [0.4, 0.5) is 26.3 Å². The molecule has 3 aromatic rings. The van der Waals surface area contributed by atoms with Gasteiger partial charge in [0.25, 0.3) is 12.3 Å². The van der Waals surface area contributed by atoms with Crippen molar-refractivity contribution in [2.45, 2.75) is 19.1 Å². The van der Waals surface area contributed by atoms with Crippen LogP contribution in [0.5, 0.6) is 0 Å². The summed E-state index contributed by atoms with van der Waals surface area (Å²) in [5.41, 5.74) is -1.02. The molecule has 0 spiro atoms. The first-order chi connectivity index (χ1) is 15.2. The second-order valence-corrected chi connectivity index (χ2v) is 7.06. The molecule has 1 aliphatic heterocycles. The average Bonchev–Trinajstić information content (AvgIpc) is 3.12. The summed E-state index contributed by atoms with van der Waals surface area (Å²) in [7, 11) is 0. The van der Waals surface area contributed by atoms with Crippen LogP contribution in [0.1, 0.15) is 16.2 Å². The van der Waals surface area contributed by atoms with Gasteiger partial charge < -0.3 is 14.2 Å². The number of imidazole rings is 1. The summed E-state index contributed by atoms with van der Waals surface area (Å²) in [6.45, 7) is 0.196. The lowest BCUT2D eigenvalue weighted by Crippen LogP contribution is -2.40. The zero-order valence-corrected chi connectivity index (χ0v) is 16.4. The zero-order chi connectivity index (χ0) is 23.0. The maximum atomic E-state index is 14.9. The molecule has 32 heavy (non-hydrogen) atoms. The lowest BCUT2D eigenvalue weighted by Gasteiger charge is -2.26. The van der Waals surface area contributed by atoms with Crippen LogP contribution in [0.15, 0.2) is 30.5 Å². The largest absolute Gasteiger partial charge is 0.449 e. The summed E-state index contributed by atoms with van der Waals surface area (Å²) in [6, 6.07) is 4.62. The number of rotatable bonds is 4. The van der Waals surface area contributed by atoms with E-state index in [1.807, 2.05) is 0 Å². The van der Waals surface area contributed by atoms with E-state index >= 15 is 0 Å². The molecule has 0 bridgehead atoms. The van der Waals surface area contributed by atoms with Crippen molar-refractivity contribution in [1.29, 1.82) is 0 Å². The first-order valence-corrected chi connectivity index (χ1v) is 9.54. The highest BCUT2D eigenvalue weighted by atomic mass is 19.4. The molecule has 4 rings (SSSR count). The molecule has 12 heteroatoms. The van der Waals surface area contributed by atoms with Crippen molar-refractivity contribution >= 4 is 16.9 Å². The van der Waals surface area contributed by atoms with Gasteiger partial charge in [0.05, 0.1) is 25.3 Å². The minimum absolute atomic E-state index is 0.0551. The average molecular weight is 458 g/mol.